The molecule has 10 nitrogen and oxygen atoms in total. The number of nitrogens with one attached hydrogen (secondary N) is 2. The summed E-state index contributed by atoms with van der Waals surface area (Å²) in [5.74, 6) is -2.36. The molecular formula is C23H25FN4O6S. The van der Waals surface area contributed by atoms with Crippen molar-refractivity contribution in [3.63, 3.8) is 0 Å². The Balaban J connectivity index is 2.03. The predicted octanol–water partition coefficient (Wildman–Crippen LogP) is 3.69. The number of halogens is 1. The van der Waals surface area contributed by atoms with E-state index in [1.807, 2.05) is 6.92 Å². The molecule has 2 aromatic carbocycles. The minimum atomic E-state index is -4.11. The van der Waals surface area contributed by atoms with Gasteiger partial charge in [0.25, 0.3) is 5.91 Å². The van der Waals surface area contributed by atoms with Crippen molar-refractivity contribution in [2.45, 2.75) is 38.1 Å². The fourth-order valence-electron chi connectivity index (χ4n) is 3.16. The fourth-order valence-corrected chi connectivity index (χ4v) is 4.64. The standard InChI is InChI=1S/C23H25FN4O6S/c1-5-13(2)27-35(32,33)19-12-17(25-21(29)15-6-8-16(24)9-7-15)10-11-18(19)34-22-14(3)20(23(30)31)26-28(22)4/h6-13,27H,5H2,1-4H3,(H,25,29)(H,30,31)/t13-/m1/s1. The molecule has 186 valence electrons. The number of aromatic nitrogens is 2. The van der Waals surface area contributed by atoms with Gasteiger partial charge in [0.15, 0.2) is 5.69 Å². The Kier molecular flexibility index (Phi) is 7.56. The number of anilines is 1. The van der Waals surface area contributed by atoms with E-state index in [4.69, 9.17) is 4.74 Å². The van der Waals surface area contributed by atoms with Crippen molar-refractivity contribution in [2.24, 2.45) is 7.05 Å². The van der Waals surface area contributed by atoms with E-state index in [1.165, 1.54) is 49.0 Å². The molecule has 1 atom stereocenters. The van der Waals surface area contributed by atoms with Gasteiger partial charge in [-0.25, -0.2) is 27.0 Å². The van der Waals surface area contributed by atoms with Gasteiger partial charge >= 0.3 is 5.97 Å². The van der Waals surface area contributed by atoms with Crippen LogP contribution in [0, 0.1) is 12.7 Å². The second kappa shape index (κ2) is 10.2. The number of carboxylic acid groups (broad SMARTS) is 1. The van der Waals surface area contributed by atoms with Crippen LogP contribution in [0.2, 0.25) is 0 Å². The van der Waals surface area contributed by atoms with Crippen molar-refractivity contribution in [3.05, 3.63) is 65.1 Å². The molecule has 0 saturated carbocycles. The summed E-state index contributed by atoms with van der Waals surface area (Å²) >= 11 is 0. The van der Waals surface area contributed by atoms with Gasteiger partial charge in [-0.15, -0.1) is 0 Å². The molecule has 1 heterocycles. The molecule has 3 rings (SSSR count). The summed E-state index contributed by atoms with van der Waals surface area (Å²) in [6.45, 7) is 5.01. The Bertz CT molecular complexity index is 1370. The largest absolute Gasteiger partial charge is 0.476 e. The van der Waals surface area contributed by atoms with Crippen LogP contribution >= 0.6 is 0 Å². The maximum Gasteiger partial charge on any atom is 0.356 e. The van der Waals surface area contributed by atoms with Gasteiger partial charge in [-0.1, -0.05) is 6.92 Å². The van der Waals surface area contributed by atoms with Crippen molar-refractivity contribution < 1.29 is 32.2 Å². The molecule has 0 radical (unpaired) electrons. The lowest BCUT2D eigenvalue weighted by Crippen LogP contribution is -2.32. The van der Waals surface area contributed by atoms with Crippen molar-refractivity contribution in [1.29, 1.82) is 0 Å². The van der Waals surface area contributed by atoms with Gasteiger partial charge in [-0.2, -0.15) is 5.10 Å². The highest BCUT2D eigenvalue weighted by atomic mass is 32.2. The lowest BCUT2D eigenvalue weighted by molar-refractivity contribution is 0.0688. The highest BCUT2D eigenvalue weighted by Crippen LogP contribution is 2.34. The third kappa shape index (κ3) is 5.84. The maximum absolute atomic E-state index is 13.2. The first-order valence-corrected chi connectivity index (χ1v) is 12.1. The normalized spacial score (nSPS) is 12.3. The minimum absolute atomic E-state index is 0.0467. The monoisotopic (exact) mass is 504 g/mol. The third-order valence-corrected chi connectivity index (χ3v) is 6.81. The van der Waals surface area contributed by atoms with Crippen molar-refractivity contribution in [1.82, 2.24) is 14.5 Å². The Hall–Kier alpha value is -3.77. The van der Waals surface area contributed by atoms with Crippen LogP contribution in [-0.2, 0) is 17.1 Å². The SMILES string of the molecule is CC[C@@H](C)NS(=O)(=O)c1cc(NC(=O)c2ccc(F)cc2)ccc1Oc1c(C)c(C(=O)O)nn1C. The fraction of sp³-hybridized carbons (Fsp3) is 0.261. The Labute approximate surface area is 201 Å². The zero-order valence-corrected chi connectivity index (χ0v) is 20.3. The summed E-state index contributed by atoms with van der Waals surface area (Å²) in [7, 11) is -2.64. The average molecular weight is 505 g/mol. The van der Waals surface area contributed by atoms with Gasteiger partial charge in [0.1, 0.15) is 16.5 Å². The minimum Gasteiger partial charge on any atom is -0.476 e. The number of sulfonamides is 1. The van der Waals surface area contributed by atoms with E-state index in [9.17, 15) is 27.5 Å². The number of benzene rings is 2. The Morgan fingerprint density at radius 3 is 2.43 bits per heavy atom. The number of hydrogen-bond acceptors (Lipinski definition) is 6. The molecule has 3 N–H and O–H groups in total. The van der Waals surface area contributed by atoms with Crippen LogP contribution in [-0.4, -0.2) is 41.2 Å². The molecule has 0 fully saturated rings. The van der Waals surface area contributed by atoms with Crippen LogP contribution in [0.25, 0.3) is 0 Å². The molecule has 12 heteroatoms. The number of carbonyl (C=O) groups excluding carboxylic acids is 1. The van der Waals surface area contributed by atoms with Crippen molar-refractivity contribution >= 4 is 27.6 Å². The highest BCUT2D eigenvalue weighted by molar-refractivity contribution is 7.89. The molecule has 35 heavy (non-hydrogen) atoms. The van der Waals surface area contributed by atoms with Crippen molar-refractivity contribution in [3.8, 4) is 11.6 Å². The van der Waals surface area contributed by atoms with Gasteiger partial charge in [-0.3, -0.25) is 4.79 Å². The van der Waals surface area contributed by atoms with Crippen LogP contribution in [0.1, 0.15) is 46.7 Å². The van der Waals surface area contributed by atoms with E-state index in [1.54, 1.807) is 6.92 Å². The lowest BCUT2D eigenvalue weighted by atomic mass is 10.2. The van der Waals surface area contributed by atoms with Gasteiger partial charge in [-0.05, 0) is 62.7 Å². The Morgan fingerprint density at radius 2 is 1.86 bits per heavy atom. The maximum atomic E-state index is 13.2. The summed E-state index contributed by atoms with van der Waals surface area (Å²) in [6.07, 6.45) is 0.527. The quantitative estimate of drug-likeness (QED) is 0.404. The molecule has 1 amide bonds. The van der Waals surface area contributed by atoms with Gasteiger partial charge in [0.05, 0.1) is 0 Å². The molecule has 0 spiro atoms. The van der Waals surface area contributed by atoms with Crippen LogP contribution in [0.15, 0.2) is 47.4 Å². The molecular weight excluding hydrogens is 479 g/mol. The molecule has 0 bridgehead atoms. The molecule has 0 aliphatic carbocycles. The first kappa shape index (κ1) is 25.8. The van der Waals surface area contributed by atoms with E-state index >= 15 is 0 Å². The number of nitrogens with zero attached hydrogens (tertiary/aromatic N) is 2. The van der Waals surface area contributed by atoms with E-state index in [2.05, 4.69) is 15.1 Å². The third-order valence-electron chi connectivity index (χ3n) is 5.20. The van der Waals surface area contributed by atoms with E-state index in [0.29, 0.717) is 6.42 Å². The van der Waals surface area contributed by atoms with Gasteiger partial charge < -0.3 is 15.2 Å². The number of carboxylic acids is 1. The first-order valence-electron chi connectivity index (χ1n) is 10.6. The Morgan fingerprint density at radius 1 is 1.20 bits per heavy atom. The average Bonchev–Trinajstić information content (AvgIpc) is 3.08. The molecule has 0 aliphatic rings. The number of hydrogen-bond donors (Lipinski definition) is 3. The summed E-state index contributed by atoms with van der Waals surface area (Å²) < 4.78 is 49.1. The van der Waals surface area contributed by atoms with Crippen LogP contribution in [0.5, 0.6) is 11.6 Å². The number of aryl methyl sites for hydroxylation is 1. The molecule has 3 aromatic rings. The summed E-state index contributed by atoms with van der Waals surface area (Å²) in [6, 6.07) is 8.50. The first-order chi connectivity index (χ1) is 16.4. The predicted molar refractivity (Wildman–Crippen MR) is 126 cm³/mol. The number of amides is 1. The lowest BCUT2D eigenvalue weighted by Gasteiger charge is -2.17. The summed E-state index contributed by atoms with van der Waals surface area (Å²) in [5, 5.41) is 15.8. The van der Waals surface area contributed by atoms with E-state index in [0.717, 1.165) is 12.1 Å². The number of ether oxygens (including phenoxy) is 1. The summed E-state index contributed by atoms with van der Waals surface area (Å²) in [5.41, 5.74) is 0.324. The van der Waals surface area contributed by atoms with Crippen LogP contribution in [0.4, 0.5) is 10.1 Å². The van der Waals surface area contributed by atoms with Crippen LogP contribution < -0.4 is 14.8 Å². The zero-order valence-electron chi connectivity index (χ0n) is 19.5. The van der Waals surface area contributed by atoms with E-state index < -0.39 is 27.7 Å². The molecule has 0 aliphatic heterocycles. The molecule has 0 saturated heterocycles. The van der Waals surface area contributed by atoms with Gasteiger partial charge in [0.2, 0.25) is 15.9 Å². The number of carbonyl (C=O) groups is 2. The van der Waals surface area contributed by atoms with E-state index in [-0.39, 0.29) is 45.1 Å². The second-order valence-corrected chi connectivity index (χ2v) is 9.55. The smallest absolute Gasteiger partial charge is 0.356 e. The van der Waals surface area contributed by atoms with Crippen molar-refractivity contribution in [2.75, 3.05) is 5.32 Å². The second-order valence-electron chi connectivity index (χ2n) is 7.86. The summed E-state index contributed by atoms with van der Waals surface area (Å²) in [4.78, 5) is 23.7. The zero-order chi connectivity index (χ0) is 25.9. The van der Waals surface area contributed by atoms with Gasteiger partial charge in [0, 0.05) is 29.9 Å². The topological polar surface area (TPSA) is 140 Å². The number of rotatable bonds is 9. The molecule has 0 unspecified atom stereocenters. The van der Waals surface area contributed by atoms with Crippen LogP contribution in [0.3, 0.4) is 0 Å². The molecule has 1 aromatic heterocycles. The number of aromatic carboxylic acids is 1. The highest BCUT2D eigenvalue weighted by Gasteiger charge is 2.26.